The van der Waals surface area contributed by atoms with Gasteiger partial charge in [0.25, 0.3) is 0 Å². The van der Waals surface area contributed by atoms with E-state index in [9.17, 15) is 13.2 Å². The number of aromatic nitrogens is 2. The maximum Gasteiger partial charge on any atom is 0.422 e. The molecule has 1 N–H and O–H groups in total. The highest BCUT2D eigenvalue weighted by molar-refractivity contribution is 14.0. The summed E-state index contributed by atoms with van der Waals surface area (Å²) >= 11 is 0. The third-order valence-electron chi connectivity index (χ3n) is 4.51. The number of pyridine rings is 2. The average Bonchev–Trinajstić information content (AvgIpc) is 2.76. The number of piperazine rings is 1. The van der Waals surface area contributed by atoms with E-state index in [0.717, 1.165) is 32.0 Å². The summed E-state index contributed by atoms with van der Waals surface area (Å²) in [4.78, 5) is 17.3. The van der Waals surface area contributed by atoms with Crippen LogP contribution in [0.5, 0.6) is 5.88 Å². The molecule has 0 radical (unpaired) electrons. The van der Waals surface area contributed by atoms with Crippen LogP contribution in [0.15, 0.2) is 47.7 Å². The number of hydrogen-bond acceptors (Lipinski definition) is 5. The monoisotopic (exact) mass is 550 g/mol. The van der Waals surface area contributed by atoms with Crippen molar-refractivity contribution < 1.29 is 17.9 Å². The lowest BCUT2D eigenvalue weighted by atomic mass is 10.2. The molecule has 31 heavy (non-hydrogen) atoms. The first kappa shape index (κ1) is 25.0. The fraction of sp³-hybridized carbons (Fsp3) is 0.450. The number of alkyl halides is 3. The van der Waals surface area contributed by atoms with Crippen molar-refractivity contribution in [2.75, 3.05) is 44.2 Å². The molecular formula is C20H26F3IN6O. The van der Waals surface area contributed by atoms with E-state index in [2.05, 4.69) is 30.1 Å². The zero-order valence-corrected chi connectivity index (χ0v) is 19.5. The van der Waals surface area contributed by atoms with E-state index in [4.69, 9.17) is 4.74 Å². The highest BCUT2D eigenvalue weighted by Crippen LogP contribution is 2.21. The molecule has 1 fully saturated rings. The zero-order chi connectivity index (χ0) is 21.4. The van der Waals surface area contributed by atoms with Gasteiger partial charge in [0.2, 0.25) is 5.88 Å². The van der Waals surface area contributed by atoms with Gasteiger partial charge in [-0.05, 0) is 25.1 Å². The third kappa shape index (κ3) is 7.71. The summed E-state index contributed by atoms with van der Waals surface area (Å²) in [6, 6.07) is 9.17. The highest BCUT2D eigenvalue weighted by Gasteiger charge is 2.29. The molecule has 3 heterocycles. The predicted octanol–water partition coefficient (Wildman–Crippen LogP) is 3.32. The van der Waals surface area contributed by atoms with Gasteiger partial charge in [0.05, 0.1) is 6.54 Å². The summed E-state index contributed by atoms with van der Waals surface area (Å²) < 4.78 is 42.3. The smallest absolute Gasteiger partial charge is 0.422 e. The quantitative estimate of drug-likeness (QED) is 0.339. The Bertz CT molecular complexity index is 829. The second kappa shape index (κ2) is 11.9. The lowest BCUT2D eigenvalue weighted by Gasteiger charge is -2.37. The van der Waals surface area contributed by atoms with E-state index in [1.54, 1.807) is 18.3 Å². The summed E-state index contributed by atoms with van der Waals surface area (Å²) in [5, 5.41) is 3.25. The van der Waals surface area contributed by atoms with Crippen LogP contribution in [0, 0.1) is 0 Å². The summed E-state index contributed by atoms with van der Waals surface area (Å²) in [7, 11) is 0. The highest BCUT2D eigenvalue weighted by atomic mass is 127. The standard InChI is InChI=1S/C20H25F3N6O.HI/c1-2-24-19(29-12-10-28(11-13-29)17-7-3-4-8-25-17)27-14-16-6-5-9-26-18(16)30-15-20(21,22)23;/h3-9H,2,10-15H2,1H3,(H,24,27);1H. The van der Waals surface area contributed by atoms with Crippen LogP contribution in [-0.4, -0.2) is 66.3 Å². The van der Waals surface area contributed by atoms with Gasteiger partial charge in [-0.3, -0.25) is 0 Å². The zero-order valence-electron chi connectivity index (χ0n) is 17.2. The number of ether oxygens (including phenoxy) is 1. The van der Waals surface area contributed by atoms with Gasteiger partial charge >= 0.3 is 6.18 Å². The topological polar surface area (TPSA) is 65.9 Å². The molecule has 1 aliphatic rings. The van der Waals surface area contributed by atoms with Gasteiger partial charge in [-0.1, -0.05) is 12.1 Å². The molecule has 1 saturated heterocycles. The maximum absolute atomic E-state index is 12.5. The molecule has 7 nitrogen and oxygen atoms in total. The normalized spacial score (nSPS) is 14.8. The average molecular weight is 550 g/mol. The molecule has 0 amide bonds. The Kier molecular flexibility index (Phi) is 9.59. The van der Waals surface area contributed by atoms with E-state index in [-0.39, 0.29) is 36.4 Å². The van der Waals surface area contributed by atoms with Crippen molar-refractivity contribution in [2.45, 2.75) is 19.6 Å². The van der Waals surface area contributed by atoms with E-state index in [1.165, 1.54) is 6.20 Å². The van der Waals surface area contributed by atoms with Gasteiger partial charge in [-0.2, -0.15) is 13.2 Å². The van der Waals surface area contributed by atoms with Gasteiger partial charge in [0.1, 0.15) is 5.82 Å². The lowest BCUT2D eigenvalue weighted by molar-refractivity contribution is -0.154. The maximum atomic E-state index is 12.5. The molecule has 0 bridgehead atoms. The van der Waals surface area contributed by atoms with Crippen molar-refractivity contribution in [2.24, 2.45) is 4.99 Å². The number of rotatable bonds is 6. The predicted molar refractivity (Wildman–Crippen MR) is 124 cm³/mol. The Morgan fingerprint density at radius 3 is 2.48 bits per heavy atom. The number of anilines is 1. The van der Waals surface area contributed by atoms with Crippen LogP contribution in [0.3, 0.4) is 0 Å². The molecule has 0 aliphatic carbocycles. The fourth-order valence-corrected chi connectivity index (χ4v) is 3.10. The molecule has 0 saturated carbocycles. The van der Waals surface area contributed by atoms with Crippen LogP contribution in [0.25, 0.3) is 0 Å². The fourth-order valence-electron chi connectivity index (χ4n) is 3.10. The summed E-state index contributed by atoms with van der Waals surface area (Å²) in [6.45, 7) is 4.56. The molecule has 2 aromatic heterocycles. The second-order valence-electron chi connectivity index (χ2n) is 6.70. The van der Waals surface area contributed by atoms with Crippen LogP contribution < -0.4 is 15.0 Å². The number of halogens is 4. The minimum absolute atomic E-state index is 0. The van der Waals surface area contributed by atoms with E-state index in [1.807, 2.05) is 25.1 Å². The third-order valence-corrected chi connectivity index (χ3v) is 4.51. The first-order valence-corrected chi connectivity index (χ1v) is 9.79. The second-order valence-corrected chi connectivity index (χ2v) is 6.70. The molecule has 0 spiro atoms. The molecular weight excluding hydrogens is 524 g/mol. The Morgan fingerprint density at radius 2 is 1.84 bits per heavy atom. The Morgan fingerprint density at radius 1 is 1.10 bits per heavy atom. The molecule has 1 aliphatic heterocycles. The number of nitrogens with one attached hydrogen (secondary N) is 1. The first-order chi connectivity index (χ1) is 14.5. The first-order valence-electron chi connectivity index (χ1n) is 9.79. The van der Waals surface area contributed by atoms with Crippen molar-refractivity contribution in [3.05, 3.63) is 48.3 Å². The lowest BCUT2D eigenvalue weighted by Crippen LogP contribution is -2.52. The molecule has 170 valence electrons. The Labute approximate surface area is 196 Å². The molecule has 2 aromatic rings. The van der Waals surface area contributed by atoms with Gasteiger partial charge in [-0.15, -0.1) is 24.0 Å². The summed E-state index contributed by atoms with van der Waals surface area (Å²) in [5.74, 6) is 1.61. The summed E-state index contributed by atoms with van der Waals surface area (Å²) in [6.07, 6.45) is -1.24. The van der Waals surface area contributed by atoms with Crippen LogP contribution in [0.1, 0.15) is 12.5 Å². The van der Waals surface area contributed by atoms with Crippen molar-refractivity contribution >= 4 is 35.8 Å². The van der Waals surface area contributed by atoms with Gasteiger partial charge in [-0.25, -0.2) is 15.0 Å². The van der Waals surface area contributed by atoms with Gasteiger partial charge < -0.3 is 19.9 Å². The van der Waals surface area contributed by atoms with Crippen LogP contribution >= 0.6 is 24.0 Å². The SMILES string of the molecule is CCNC(=NCc1cccnc1OCC(F)(F)F)N1CCN(c2ccccn2)CC1.I. The number of hydrogen-bond donors (Lipinski definition) is 1. The van der Waals surface area contributed by atoms with Gasteiger partial charge in [0, 0.05) is 50.7 Å². The minimum Gasteiger partial charge on any atom is -0.468 e. The van der Waals surface area contributed by atoms with Crippen LogP contribution in [0.4, 0.5) is 19.0 Å². The number of guanidine groups is 1. The Hall–Kier alpha value is -2.31. The van der Waals surface area contributed by atoms with Crippen molar-refractivity contribution in [3.8, 4) is 5.88 Å². The molecule has 0 aromatic carbocycles. The van der Waals surface area contributed by atoms with Crippen LogP contribution in [-0.2, 0) is 6.54 Å². The summed E-state index contributed by atoms with van der Waals surface area (Å²) in [5.41, 5.74) is 0.504. The molecule has 0 unspecified atom stereocenters. The van der Waals surface area contributed by atoms with E-state index >= 15 is 0 Å². The van der Waals surface area contributed by atoms with E-state index in [0.29, 0.717) is 18.1 Å². The van der Waals surface area contributed by atoms with Crippen LogP contribution in [0.2, 0.25) is 0 Å². The van der Waals surface area contributed by atoms with Crippen molar-refractivity contribution in [1.29, 1.82) is 0 Å². The molecule has 0 atom stereocenters. The number of aliphatic imine (C=N–C) groups is 1. The van der Waals surface area contributed by atoms with Crippen molar-refractivity contribution in [3.63, 3.8) is 0 Å². The molecule has 11 heteroatoms. The van der Waals surface area contributed by atoms with Crippen molar-refractivity contribution in [1.82, 2.24) is 20.2 Å². The van der Waals surface area contributed by atoms with Gasteiger partial charge in [0.15, 0.2) is 12.6 Å². The number of nitrogens with zero attached hydrogens (tertiary/aromatic N) is 5. The van der Waals surface area contributed by atoms with E-state index < -0.39 is 12.8 Å². The minimum atomic E-state index is -4.42. The Balaban J connectivity index is 0.00000341. The molecule has 3 rings (SSSR count). The largest absolute Gasteiger partial charge is 0.468 e.